The van der Waals surface area contributed by atoms with Crippen LogP contribution in [-0.2, 0) is 0 Å². The average Bonchev–Trinajstić information content (AvgIpc) is 2.42. The fourth-order valence-electron chi connectivity index (χ4n) is 1.44. The van der Waals surface area contributed by atoms with Gasteiger partial charge in [-0.25, -0.2) is 13.8 Å². The molecule has 1 atom stereocenters. The van der Waals surface area contributed by atoms with Gasteiger partial charge in [-0.1, -0.05) is 6.07 Å². The number of carbonyl (C=O) groups excluding carboxylic acids is 1. The molecule has 0 saturated heterocycles. The standard InChI is InChI=1S/C13H18F2N2O3/c1-9(18)6-7-17(2)13(19)10-4-3-5-12(16-10)20-8-11(14)15/h3-5,9,11,18H,6-8H2,1-2H3. The van der Waals surface area contributed by atoms with Crippen LogP contribution >= 0.6 is 0 Å². The number of rotatable bonds is 7. The van der Waals surface area contributed by atoms with Crippen molar-refractivity contribution < 1.29 is 23.4 Å². The van der Waals surface area contributed by atoms with Gasteiger partial charge in [0.05, 0.1) is 6.10 Å². The molecule has 1 amide bonds. The molecule has 1 N–H and O–H groups in total. The molecule has 7 heteroatoms. The number of halogens is 2. The molecule has 0 aliphatic heterocycles. The Bertz CT molecular complexity index is 441. The first kappa shape index (κ1) is 16.3. The zero-order valence-corrected chi connectivity index (χ0v) is 11.4. The predicted molar refractivity (Wildman–Crippen MR) is 69.0 cm³/mol. The highest BCUT2D eigenvalue weighted by molar-refractivity contribution is 5.92. The van der Waals surface area contributed by atoms with E-state index in [1.165, 1.54) is 23.1 Å². The van der Waals surface area contributed by atoms with Gasteiger partial charge in [0, 0.05) is 19.7 Å². The highest BCUT2D eigenvalue weighted by Crippen LogP contribution is 2.10. The Hall–Kier alpha value is -1.76. The van der Waals surface area contributed by atoms with E-state index in [1.807, 2.05) is 0 Å². The third-order valence-electron chi connectivity index (χ3n) is 2.53. The fraction of sp³-hybridized carbons (Fsp3) is 0.538. The number of aromatic nitrogens is 1. The number of carbonyl (C=O) groups is 1. The van der Waals surface area contributed by atoms with Crippen molar-refractivity contribution in [1.82, 2.24) is 9.88 Å². The summed E-state index contributed by atoms with van der Waals surface area (Å²) in [6.07, 6.45) is -2.65. The van der Waals surface area contributed by atoms with E-state index in [1.54, 1.807) is 14.0 Å². The highest BCUT2D eigenvalue weighted by atomic mass is 19.3. The average molecular weight is 288 g/mol. The van der Waals surface area contributed by atoms with Crippen LogP contribution in [0.25, 0.3) is 0 Å². The molecule has 0 spiro atoms. The maximum absolute atomic E-state index is 12.0. The Morgan fingerprint density at radius 2 is 2.20 bits per heavy atom. The van der Waals surface area contributed by atoms with Crippen molar-refractivity contribution in [2.75, 3.05) is 20.2 Å². The van der Waals surface area contributed by atoms with E-state index < -0.39 is 19.1 Å². The van der Waals surface area contributed by atoms with Crippen LogP contribution < -0.4 is 4.74 Å². The number of pyridine rings is 1. The van der Waals surface area contributed by atoms with Crippen LogP contribution in [0.5, 0.6) is 5.88 Å². The van der Waals surface area contributed by atoms with Crippen LogP contribution in [0.4, 0.5) is 8.78 Å². The molecule has 0 aliphatic rings. The number of amides is 1. The van der Waals surface area contributed by atoms with Gasteiger partial charge >= 0.3 is 0 Å². The largest absolute Gasteiger partial charge is 0.472 e. The van der Waals surface area contributed by atoms with E-state index in [4.69, 9.17) is 4.74 Å². The quantitative estimate of drug-likeness (QED) is 0.827. The Balaban J connectivity index is 2.65. The van der Waals surface area contributed by atoms with Crippen LogP contribution in [0.3, 0.4) is 0 Å². The first-order chi connectivity index (χ1) is 9.40. The van der Waals surface area contributed by atoms with Crippen molar-refractivity contribution in [2.45, 2.75) is 25.9 Å². The first-order valence-electron chi connectivity index (χ1n) is 6.21. The molecule has 1 unspecified atom stereocenters. The number of nitrogens with zero attached hydrogens (tertiary/aromatic N) is 2. The summed E-state index contributed by atoms with van der Waals surface area (Å²) in [5.74, 6) is -0.367. The van der Waals surface area contributed by atoms with Gasteiger partial charge < -0.3 is 14.7 Å². The van der Waals surface area contributed by atoms with Crippen molar-refractivity contribution in [2.24, 2.45) is 0 Å². The third-order valence-corrected chi connectivity index (χ3v) is 2.53. The maximum atomic E-state index is 12.0. The molecule has 20 heavy (non-hydrogen) atoms. The van der Waals surface area contributed by atoms with E-state index in [9.17, 15) is 18.7 Å². The SMILES string of the molecule is CC(O)CCN(C)C(=O)c1cccc(OCC(F)F)n1. The van der Waals surface area contributed by atoms with Gasteiger partial charge in [0.25, 0.3) is 12.3 Å². The summed E-state index contributed by atoms with van der Waals surface area (Å²) >= 11 is 0. The molecule has 1 aromatic heterocycles. The number of hydrogen-bond acceptors (Lipinski definition) is 4. The number of alkyl halides is 2. The zero-order chi connectivity index (χ0) is 15.1. The summed E-state index contributed by atoms with van der Waals surface area (Å²) in [4.78, 5) is 17.3. The Kier molecular flexibility index (Phi) is 6.30. The smallest absolute Gasteiger partial charge is 0.272 e. The number of aliphatic hydroxyl groups excluding tert-OH is 1. The summed E-state index contributed by atoms with van der Waals surface area (Å²) in [5, 5.41) is 9.18. The number of aliphatic hydroxyl groups is 1. The van der Waals surface area contributed by atoms with E-state index in [0.717, 1.165) is 0 Å². The number of hydrogen-bond donors (Lipinski definition) is 1. The van der Waals surface area contributed by atoms with Crippen molar-refractivity contribution in [3.8, 4) is 5.88 Å². The molecule has 0 aromatic carbocycles. The molecule has 1 rings (SSSR count). The number of ether oxygens (including phenoxy) is 1. The lowest BCUT2D eigenvalue weighted by molar-refractivity contribution is 0.0749. The van der Waals surface area contributed by atoms with E-state index in [2.05, 4.69) is 4.98 Å². The molecule has 0 bridgehead atoms. The Morgan fingerprint density at radius 3 is 2.80 bits per heavy atom. The summed E-state index contributed by atoms with van der Waals surface area (Å²) in [6, 6.07) is 4.41. The first-order valence-corrected chi connectivity index (χ1v) is 6.21. The van der Waals surface area contributed by atoms with Crippen LogP contribution in [0.15, 0.2) is 18.2 Å². The molecule has 0 aliphatic carbocycles. The minimum Gasteiger partial charge on any atom is -0.472 e. The van der Waals surface area contributed by atoms with Crippen molar-refractivity contribution >= 4 is 5.91 Å². The molecule has 0 saturated carbocycles. The van der Waals surface area contributed by atoms with Crippen LogP contribution in [0.1, 0.15) is 23.8 Å². The third kappa shape index (κ3) is 5.48. The van der Waals surface area contributed by atoms with Crippen LogP contribution in [-0.4, -0.2) is 53.6 Å². The minimum absolute atomic E-state index is 0.0138. The Labute approximate surface area is 116 Å². The molecule has 1 aromatic rings. The fourth-order valence-corrected chi connectivity index (χ4v) is 1.44. The van der Waals surface area contributed by atoms with Gasteiger partial charge in [-0.3, -0.25) is 4.79 Å². The second-order valence-electron chi connectivity index (χ2n) is 4.43. The maximum Gasteiger partial charge on any atom is 0.272 e. The molecule has 5 nitrogen and oxygen atoms in total. The normalized spacial score (nSPS) is 12.3. The van der Waals surface area contributed by atoms with Crippen molar-refractivity contribution in [1.29, 1.82) is 0 Å². The van der Waals surface area contributed by atoms with Gasteiger partial charge in [-0.15, -0.1) is 0 Å². The lowest BCUT2D eigenvalue weighted by Gasteiger charge is -2.17. The van der Waals surface area contributed by atoms with E-state index in [0.29, 0.717) is 13.0 Å². The minimum atomic E-state index is -2.59. The van der Waals surface area contributed by atoms with Crippen LogP contribution in [0, 0.1) is 0 Å². The summed E-state index contributed by atoms with van der Waals surface area (Å²) in [7, 11) is 1.58. The predicted octanol–water partition coefficient (Wildman–Crippen LogP) is 1.57. The summed E-state index contributed by atoms with van der Waals surface area (Å²) < 4.78 is 28.8. The second kappa shape index (κ2) is 7.74. The lowest BCUT2D eigenvalue weighted by Crippen LogP contribution is -2.30. The molecule has 112 valence electrons. The van der Waals surface area contributed by atoms with E-state index in [-0.39, 0.29) is 17.5 Å². The molecule has 0 radical (unpaired) electrons. The van der Waals surface area contributed by atoms with E-state index >= 15 is 0 Å². The van der Waals surface area contributed by atoms with Gasteiger partial charge in [0.15, 0.2) is 6.61 Å². The van der Waals surface area contributed by atoms with Gasteiger partial charge in [0.2, 0.25) is 5.88 Å². The van der Waals surface area contributed by atoms with Crippen LogP contribution in [0.2, 0.25) is 0 Å². The van der Waals surface area contributed by atoms with Gasteiger partial charge in [0.1, 0.15) is 5.69 Å². The Morgan fingerprint density at radius 1 is 1.50 bits per heavy atom. The summed E-state index contributed by atoms with van der Waals surface area (Å²) in [5.41, 5.74) is 0.116. The molecule has 1 heterocycles. The van der Waals surface area contributed by atoms with Crippen molar-refractivity contribution in [3.05, 3.63) is 23.9 Å². The molecular weight excluding hydrogens is 270 g/mol. The highest BCUT2D eigenvalue weighted by Gasteiger charge is 2.15. The zero-order valence-electron chi connectivity index (χ0n) is 11.4. The summed E-state index contributed by atoms with van der Waals surface area (Å²) in [6.45, 7) is 1.25. The lowest BCUT2D eigenvalue weighted by atomic mass is 10.2. The van der Waals surface area contributed by atoms with Crippen molar-refractivity contribution in [3.63, 3.8) is 0 Å². The second-order valence-corrected chi connectivity index (χ2v) is 4.43. The molecular formula is C13H18F2N2O3. The topological polar surface area (TPSA) is 62.7 Å². The molecule has 0 fully saturated rings. The van der Waals surface area contributed by atoms with Gasteiger partial charge in [-0.2, -0.15) is 0 Å². The van der Waals surface area contributed by atoms with Gasteiger partial charge in [-0.05, 0) is 19.4 Å². The monoisotopic (exact) mass is 288 g/mol.